The van der Waals surface area contributed by atoms with Gasteiger partial charge in [-0.2, -0.15) is 0 Å². The van der Waals surface area contributed by atoms with E-state index >= 15 is 0 Å². The predicted molar refractivity (Wildman–Crippen MR) is 73.9 cm³/mol. The first kappa shape index (κ1) is 14.4. The first-order valence-corrected chi connectivity index (χ1v) is 7.41. The van der Waals surface area contributed by atoms with Crippen LogP contribution in [0.3, 0.4) is 0 Å². The molecule has 0 bridgehead atoms. The number of rotatable bonds is 2. The lowest BCUT2D eigenvalue weighted by molar-refractivity contribution is -0.182. The summed E-state index contributed by atoms with van der Waals surface area (Å²) in [6.45, 7) is 3.78. The minimum atomic E-state index is -0.907. The Hall–Kier alpha value is -0.0600. The Labute approximate surface area is 121 Å². The van der Waals surface area contributed by atoms with Crippen LogP contribution in [0.4, 0.5) is 0 Å². The number of methoxy groups -OCH3 is 1. The predicted octanol–water partition coefficient (Wildman–Crippen LogP) is 3.39. The second kappa shape index (κ2) is 4.80. The molecule has 18 heavy (non-hydrogen) atoms. The van der Waals surface area contributed by atoms with E-state index in [0.29, 0.717) is 0 Å². The van der Waals surface area contributed by atoms with Crippen molar-refractivity contribution in [2.75, 3.05) is 7.11 Å². The molecule has 0 unspecified atom stereocenters. The Balaban J connectivity index is 2.14. The third-order valence-electron chi connectivity index (χ3n) is 3.92. The van der Waals surface area contributed by atoms with Crippen molar-refractivity contribution in [1.29, 1.82) is 0 Å². The summed E-state index contributed by atoms with van der Waals surface area (Å²) >= 11 is 10.0. The molecule has 1 saturated carbocycles. The summed E-state index contributed by atoms with van der Waals surface area (Å²) in [4.78, 5) is 11.9. The highest BCUT2D eigenvalue weighted by atomic mass is 79.9. The highest BCUT2D eigenvalue weighted by molar-refractivity contribution is 9.09. The van der Waals surface area contributed by atoms with Crippen molar-refractivity contribution in [2.24, 2.45) is 5.92 Å². The monoisotopic (exact) mass is 336 g/mol. The molecule has 0 saturated heterocycles. The maximum Gasteiger partial charge on any atom is 0.336 e. The number of hydrogen-bond donors (Lipinski definition) is 0. The zero-order chi connectivity index (χ0) is 13.6. The molecular weight excluding hydrogens is 319 g/mol. The van der Waals surface area contributed by atoms with Crippen LogP contribution in [-0.2, 0) is 14.3 Å². The smallest absolute Gasteiger partial charge is 0.336 e. The second-order valence-electron chi connectivity index (χ2n) is 5.43. The molecule has 5 heteroatoms. The van der Waals surface area contributed by atoms with E-state index in [-0.39, 0.29) is 21.6 Å². The van der Waals surface area contributed by atoms with Crippen molar-refractivity contribution in [3.05, 3.63) is 11.6 Å². The van der Waals surface area contributed by atoms with Gasteiger partial charge in [-0.05, 0) is 38.2 Å². The van der Waals surface area contributed by atoms with Gasteiger partial charge in [-0.1, -0.05) is 15.9 Å². The van der Waals surface area contributed by atoms with Crippen LogP contribution < -0.4 is 0 Å². The largest absolute Gasteiger partial charge is 0.426 e. The van der Waals surface area contributed by atoms with Crippen LogP contribution >= 0.6 is 27.5 Å². The van der Waals surface area contributed by atoms with Gasteiger partial charge in [0.25, 0.3) is 0 Å². The maximum absolute atomic E-state index is 11.9. The van der Waals surface area contributed by atoms with Crippen molar-refractivity contribution in [3.8, 4) is 0 Å². The van der Waals surface area contributed by atoms with E-state index in [1.54, 1.807) is 13.0 Å². The fraction of sp³-hybridized carbons (Fsp3) is 0.769. The summed E-state index contributed by atoms with van der Waals surface area (Å²) in [6, 6.07) is 0. The Morgan fingerprint density at radius 1 is 1.56 bits per heavy atom. The second-order valence-corrected chi connectivity index (χ2v) is 7.39. The molecule has 0 aromatic carbocycles. The summed E-state index contributed by atoms with van der Waals surface area (Å²) in [5.41, 5.74) is 0.732. The highest BCUT2D eigenvalue weighted by Gasteiger charge is 2.44. The number of ether oxygens (including phenoxy) is 2. The van der Waals surface area contributed by atoms with E-state index in [1.807, 2.05) is 6.92 Å². The number of alkyl halides is 2. The summed E-state index contributed by atoms with van der Waals surface area (Å²) in [5, 5.41) is 0. The maximum atomic E-state index is 11.9. The average Bonchev–Trinajstić information content (AvgIpc) is 2.59. The van der Waals surface area contributed by atoms with Crippen LogP contribution in [0.15, 0.2) is 11.6 Å². The average molecular weight is 338 g/mol. The molecule has 1 heterocycles. The molecule has 1 fully saturated rings. The van der Waals surface area contributed by atoms with E-state index in [4.69, 9.17) is 21.1 Å². The molecule has 0 aromatic heterocycles. The topological polar surface area (TPSA) is 35.5 Å². The van der Waals surface area contributed by atoms with Gasteiger partial charge in [0, 0.05) is 24.4 Å². The standard InChI is InChI=1S/C13H18BrClO3/c1-12(15)5-4-8(6-10(12)14)9-7-13(2,17-3)18-11(9)16/h7-8,10H,4-6H2,1-3H3/t8-,10-,12-,13-/m1/s1. The molecule has 0 amide bonds. The fourth-order valence-corrected chi connectivity index (χ4v) is 3.39. The van der Waals surface area contributed by atoms with Gasteiger partial charge in [0.15, 0.2) is 0 Å². The Kier molecular flexibility index (Phi) is 3.83. The van der Waals surface area contributed by atoms with Gasteiger partial charge in [0.05, 0.1) is 4.87 Å². The van der Waals surface area contributed by atoms with Crippen LogP contribution in [0.25, 0.3) is 0 Å². The van der Waals surface area contributed by atoms with Gasteiger partial charge in [0.1, 0.15) is 0 Å². The minimum absolute atomic E-state index is 0.200. The van der Waals surface area contributed by atoms with Gasteiger partial charge in [-0.15, -0.1) is 11.6 Å². The van der Waals surface area contributed by atoms with Gasteiger partial charge < -0.3 is 9.47 Å². The van der Waals surface area contributed by atoms with Crippen LogP contribution in [0.1, 0.15) is 33.1 Å². The molecule has 102 valence electrons. The zero-order valence-electron chi connectivity index (χ0n) is 10.8. The number of halogens is 2. The number of carbonyl (C=O) groups excluding carboxylic acids is 1. The van der Waals surface area contributed by atoms with Crippen LogP contribution in [-0.4, -0.2) is 28.6 Å². The quantitative estimate of drug-likeness (QED) is 0.572. The van der Waals surface area contributed by atoms with Crippen molar-refractivity contribution in [2.45, 2.75) is 48.6 Å². The number of cyclic esters (lactones) is 1. The van der Waals surface area contributed by atoms with Gasteiger partial charge in [-0.3, -0.25) is 0 Å². The van der Waals surface area contributed by atoms with Gasteiger partial charge in [0.2, 0.25) is 5.79 Å². The number of esters is 1. The molecule has 1 aliphatic carbocycles. The lowest BCUT2D eigenvalue weighted by Gasteiger charge is -2.37. The van der Waals surface area contributed by atoms with Gasteiger partial charge in [-0.25, -0.2) is 4.79 Å². The molecular formula is C13H18BrClO3. The normalized spacial score (nSPS) is 44.7. The first-order chi connectivity index (χ1) is 8.27. The molecule has 3 nitrogen and oxygen atoms in total. The van der Waals surface area contributed by atoms with Crippen molar-refractivity contribution < 1.29 is 14.3 Å². The van der Waals surface area contributed by atoms with E-state index in [0.717, 1.165) is 24.8 Å². The molecule has 2 aliphatic rings. The third-order valence-corrected chi connectivity index (χ3v) is 6.02. The van der Waals surface area contributed by atoms with Gasteiger partial charge >= 0.3 is 5.97 Å². The first-order valence-electron chi connectivity index (χ1n) is 6.11. The van der Waals surface area contributed by atoms with Crippen LogP contribution in [0.2, 0.25) is 0 Å². The minimum Gasteiger partial charge on any atom is -0.426 e. The summed E-state index contributed by atoms with van der Waals surface area (Å²) in [7, 11) is 1.54. The highest BCUT2D eigenvalue weighted by Crippen LogP contribution is 2.45. The summed E-state index contributed by atoms with van der Waals surface area (Å²) in [5.74, 6) is -0.969. The number of carbonyl (C=O) groups is 1. The van der Waals surface area contributed by atoms with E-state index in [1.165, 1.54) is 7.11 Å². The lowest BCUT2D eigenvalue weighted by atomic mass is 9.78. The van der Waals surface area contributed by atoms with Crippen LogP contribution in [0.5, 0.6) is 0 Å². The van der Waals surface area contributed by atoms with E-state index < -0.39 is 5.79 Å². The summed E-state index contributed by atoms with van der Waals surface area (Å²) in [6.07, 6.45) is 4.43. The fourth-order valence-electron chi connectivity index (χ4n) is 2.51. The molecule has 2 rings (SSSR count). The lowest BCUT2D eigenvalue weighted by Crippen LogP contribution is -2.37. The van der Waals surface area contributed by atoms with E-state index in [2.05, 4.69) is 15.9 Å². The Morgan fingerprint density at radius 3 is 2.72 bits per heavy atom. The number of hydrogen-bond acceptors (Lipinski definition) is 3. The molecule has 0 radical (unpaired) electrons. The SMILES string of the molecule is CO[C@@]1(C)C=C([C@@H]2CC[C@@](C)(Cl)[C@H](Br)C2)C(=O)O1. The third kappa shape index (κ3) is 2.61. The molecule has 0 N–H and O–H groups in total. The van der Waals surface area contributed by atoms with Crippen LogP contribution in [0, 0.1) is 5.92 Å². The summed E-state index contributed by atoms with van der Waals surface area (Å²) < 4.78 is 10.4. The van der Waals surface area contributed by atoms with E-state index in [9.17, 15) is 4.79 Å². The Bertz CT molecular complexity index is 394. The zero-order valence-corrected chi connectivity index (χ0v) is 13.2. The van der Waals surface area contributed by atoms with Crippen molar-refractivity contribution >= 4 is 33.5 Å². The molecule has 0 aromatic rings. The molecule has 4 atom stereocenters. The Morgan fingerprint density at radius 2 is 2.22 bits per heavy atom. The van der Waals surface area contributed by atoms with Crippen molar-refractivity contribution in [1.82, 2.24) is 0 Å². The van der Waals surface area contributed by atoms with Crippen molar-refractivity contribution in [3.63, 3.8) is 0 Å². The molecule has 0 spiro atoms. The molecule has 1 aliphatic heterocycles.